The van der Waals surface area contributed by atoms with Gasteiger partial charge >= 0.3 is 0 Å². The largest absolute Gasteiger partial charge is 0.489 e. The number of hydrogen-bond donors (Lipinski definition) is 1. The van der Waals surface area contributed by atoms with E-state index in [0.717, 1.165) is 10.0 Å². The predicted octanol–water partition coefficient (Wildman–Crippen LogP) is 4.40. The normalized spacial score (nSPS) is 10.4. The molecule has 0 atom stereocenters. The number of hydrogen-bond acceptors (Lipinski definition) is 2. The van der Waals surface area contributed by atoms with Gasteiger partial charge in [-0.2, -0.15) is 0 Å². The van der Waals surface area contributed by atoms with E-state index in [0.29, 0.717) is 10.8 Å². The molecule has 0 radical (unpaired) electrons. The Kier molecular flexibility index (Phi) is 4.09. The quantitative estimate of drug-likeness (QED) is 0.846. The Hall–Kier alpha value is -1.26. The van der Waals surface area contributed by atoms with Gasteiger partial charge < -0.3 is 10.5 Å². The molecule has 0 saturated carbocycles. The molecule has 0 amide bonds. The first kappa shape index (κ1) is 13.2. The molecule has 0 saturated heterocycles. The number of rotatable bonds is 3. The molecule has 94 valence electrons. The van der Waals surface area contributed by atoms with Crippen molar-refractivity contribution in [2.45, 2.75) is 6.61 Å². The molecule has 0 unspecified atom stereocenters. The monoisotopic (exact) mass is 329 g/mol. The Labute approximate surface area is 118 Å². The first-order valence-electron chi connectivity index (χ1n) is 5.18. The highest BCUT2D eigenvalue weighted by molar-refractivity contribution is 9.10. The second-order valence-electron chi connectivity index (χ2n) is 3.71. The predicted molar refractivity (Wildman–Crippen MR) is 74.3 cm³/mol. The lowest BCUT2D eigenvalue weighted by molar-refractivity contribution is 0.305. The van der Waals surface area contributed by atoms with Gasteiger partial charge in [0.1, 0.15) is 18.2 Å². The van der Waals surface area contributed by atoms with E-state index in [9.17, 15) is 4.39 Å². The van der Waals surface area contributed by atoms with Crippen molar-refractivity contribution in [1.29, 1.82) is 0 Å². The summed E-state index contributed by atoms with van der Waals surface area (Å²) in [6.45, 7) is 0.273. The van der Waals surface area contributed by atoms with Gasteiger partial charge in [-0.1, -0.05) is 33.6 Å². The first-order chi connectivity index (χ1) is 8.56. The van der Waals surface area contributed by atoms with Crippen molar-refractivity contribution in [3.8, 4) is 5.75 Å². The minimum absolute atomic E-state index is 0.101. The van der Waals surface area contributed by atoms with E-state index in [1.807, 2.05) is 12.1 Å². The van der Waals surface area contributed by atoms with E-state index in [2.05, 4.69) is 15.9 Å². The SMILES string of the molecule is Nc1ccc(OCc2ccc(Br)cc2Cl)cc1F. The van der Waals surface area contributed by atoms with Crippen molar-refractivity contribution in [2.24, 2.45) is 0 Å². The summed E-state index contributed by atoms with van der Waals surface area (Å²) in [4.78, 5) is 0. The maximum Gasteiger partial charge on any atom is 0.149 e. The Bertz CT molecular complexity index is 577. The molecule has 0 heterocycles. The van der Waals surface area contributed by atoms with Crippen LogP contribution in [0.25, 0.3) is 0 Å². The van der Waals surface area contributed by atoms with Gasteiger partial charge in [0.25, 0.3) is 0 Å². The maximum absolute atomic E-state index is 13.2. The highest BCUT2D eigenvalue weighted by atomic mass is 79.9. The van der Waals surface area contributed by atoms with Gasteiger partial charge in [0, 0.05) is 21.1 Å². The van der Waals surface area contributed by atoms with Gasteiger partial charge in [-0.25, -0.2) is 4.39 Å². The van der Waals surface area contributed by atoms with E-state index in [1.54, 1.807) is 12.1 Å². The van der Waals surface area contributed by atoms with Crippen LogP contribution in [0.5, 0.6) is 5.75 Å². The van der Waals surface area contributed by atoms with Gasteiger partial charge in [0.05, 0.1) is 5.69 Å². The summed E-state index contributed by atoms with van der Waals surface area (Å²) in [5, 5.41) is 0.597. The molecule has 5 heteroatoms. The molecule has 2 aromatic carbocycles. The maximum atomic E-state index is 13.2. The molecule has 0 aliphatic carbocycles. The summed E-state index contributed by atoms with van der Waals surface area (Å²) in [5.41, 5.74) is 6.31. The first-order valence-corrected chi connectivity index (χ1v) is 6.35. The van der Waals surface area contributed by atoms with E-state index in [1.165, 1.54) is 12.1 Å². The van der Waals surface area contributed by atoms with E-state index >= 15 is 0 Å². The molecule has 2 aromatic rings. The van der Waals surface area contributed by atoms with Crippen LogP contribution in [0.4, 0.5) is 10.1 Å². The van der Waals surface area contributed by atoms with Crippen molar-refractivity contribution in [3.05, 3.63) is 57.3 Å². The van der Waals surface area contributed by atoms with Crippen LogP contribution in [-0.2, 0) is 6.61 Å². The molecule has 0 fully saturated rings. The molecule has 2 nitrogen and oxygen atoms in total. The number of halogens is 3. The molecule has 0 spiro atoms. The molecule has 0 aliphatic rings. The topological polar surface area (TPSA) is 35.2 Å². The number of ether oxygens (including phenoxy) is 1. The molecule has 18 heavy (non-hydrogen) atoms. The zero-order valence-corrected chi connectivity index (χ0v) is 11.6. The smallest absolute Gasteiger partial charge is 0.149 e. The number of nitrogens with two attached hydrogens (primary N) is 1. The third-order valence-corrected chi connectivity index (χ3v) is 3.23. The second kappa shape index (κ2) is 5.59. The summed E-state index contributed by atoms with van der Waals surface area (Å²) in [6, 6.07) is 9.83. The van der Waals surface area contributed by atoms with E-state index < -0.39 is 5.82 Å². The zero-order chi connectivity index (χ0) is 13.1. The van der Waals surface area contributed by atoms with Gasteiger partial charge in [-0.3, -0.25) is 0 Å². The lowest BCUT2D eigenvalue weighted by atomic mass is 10.2. The van der Waals surface area contributed by atoms with Crippen LogP contribution < -0.4 is 10.5 Å². The fourth-order valence-corrected chi connectivity index (χ4v) is 2.13. The minimum Gasteiger partial charge on any atom is -0.489 e. The van der Waals surface area contributed by atoms with E-state index in [-0.39, 0.29) is 12.3 Å². The van der Waals surface area contributed by atoms with Crippen LogP contribution in [0.2, 0.25) is 5.02 Å². The van der Waals surface area contributed by atoms with Gasteiger partial charge in [0.2, 0.25) is 0 Å². The molecule has 0 aromatic heterocycles. The zero-order valence-electron chi connectivity index (χ0n) is 9.29. The molecule has 2 rings (SSSR count). The van der Waals surface area contributed by atoms with Gasteiger partial charge in [-0.15, -0.1) is 0 Å². The Morgan fingerprint density at radius 1 is 1.22 bits per heavy atom. The van der Waals surface area contributed by atoms with Crippen LogP contribution in [0.15, 0.2) is 40.9 Å². The molecule has 2 N–H and O–H groups in total. The van der Waals surface area contributed by atoms with Crippen molar-refractivity contribution in [2.75, 3.05) is 5.73 Å². The van der Waals surface area contributed by atoms with Crippen molar-refractivity contribution in [1.82, 2.24) is 0 Å². The highest BCUT2D eigenvalue weighted by Gasteiger charge is 2.04. The summed E-state index contributed by atoms with van der Waals surface area (Å²) in [7, 11) is 0. The Balaban J connectivity index is 2.09. The molecule has 0 bridgehead atoms. The van der Waals surface area contributed by atoms with E-state index in [4.69, 9.17) is 22.1 Å². The highest BCUT2D eigenvalue weighted by Crippen LogP contribution is 2.24. The number of nitrogen functional groups attached to an aromatic ring is 1. The summed E-state index contributed by atoms with van der Waals surface area (Å²) in [6.07, 6.45) is 0. The average molecular weight is 331 g/mol. The van der Waals surface area contributed by atoms with Gasteiger partial charge in [0.15, 0.2) is 0 Å². The third kappa shape index (κ3) is 3.15. The lowest BCUT2D eigenvalue weighted by Gasteiger charge is -2.08. The summed E-state index contributed by atoms with van der Waals surface area (Å²) >= 11 is 9.37. The number of benzene rings is 2. The second-order valence-corrected chi connectivity index (χ2v) is 5.03. The van der Waals surface area contributed by atoms with Crippen LogP contribution in [0, 0.1) is 5.82 Å². The Morgan fingerprint density at radius 2 is 2.00 bits per heavy atom. The van der Waals surface area contributed by atoms with Crippen molar-refractivity contribution >= 4 is 33.2 Å². The summed E-state index contributed by atoms with van der Waals surface area (Å²) in [5.74, 6) is -0.0740. The third-order valence-electron chi connectivity index (χ3n) is 2.38. The number of anilines is 1. The standard InChI is InChI=1S/C13H10BrClFNO/c14-9-2-1-8(11(15)5-9)7-18-10-3-4-13(17)12(16)6-10/h1-6H,7,17H2. The van der Waals surface area contributed by atoms with Crippen molar-refractivity contribution < 1.29 is 9.13 Å². The molecule has 0 aliphatic heterocycles. The average Bonchev–Trinajstić information content (AvgIpc) is 2.32. The molecular formula is C13H10BrClFNO. The van der Waals surface area contributed by atoms with Crippen LogP contribution in [-0.4, -0.2) is 0 Å². The summed E-state index contributed by atoms with van der Waals surface area (Å²) < 4.78 is 19.6. The fraction of sp³-hybridized carbons (Fsp3) is 0.0769. The lowest BCUT2D eigenvalue weighted by Crippen LogP contribution is -1.98. The fourth-order valence-electron chi connectivity index (χ4n) is 1.40. The van der Waals surface area contributed by atoms with Crippen LogP contribution in [0.3, 0.4) is 0 Å². The molecular weight excluding hydrogens is 321 g/mol. The van der Waals surface area contributed by atoms with Crippen LogP contribution >= 0.6 is 27.5 Å². The Morgan fingerprint density at radius 3 is 2.67 bits per heavy atom. The van der Waals surface area contributed by atoms with Crippen LogP contribution in [0.1, 0.15) is 5.56 Å². The van der Waals surface area contributed by atoms with Gasteiger partial charge in [-0.05, 0) is 24.3 Å². The minimum atomic E-state index is -0.491. The van der Waals surface area contributed by atoms with Crippen molar-refractivity contribution in [3.63, 3.8) is 0 Å².